The van der Waals surface area contributed by atoms with Gasteiger partial charge in [-0.15, -0.1) is 0 Å². The molecule has 2 saturated heterocycles. The molecule has 0 radical (unpaired) electrons. The van der Waals surface area contributed by atoms with Gasteiger partial charge in [-0.05, 0) is 55.5 Å². The number of carbonyl (C=O) groups excluding carboxylic acids is 2. The van der Waals surface area contributed by atoms with Gasteiger partial charge in [-0.1, -0.05) is 30.3 Å². The van der Waals surface area contributed by atoms with Crippen LogP contribution < -0.4 is 4.74 Å². The number of hydrogen-bond acceptors (Lipinski definition) is 5. The lowest BCUT2D eigenvalue weighted by Gasteiger charge is -2.41. The molecule has 0 aliphatic carbocycles. The lowest BCUT2D eigenvalue weighted by atomic mass is 9.85. The quantitative estimate of drug-likeness (QED) is 0.653. The zero-order valence-electron chi connectivity index (χ0n) is 20.2. The second-order valence-corrected chi connectivity index (χ2v) is 9.18. The molecule has 4 rings (SSSR count). The summed E-state index contributed by atoms with van der Waals surface area (Å²) in [6.45, 7) is 1.33. The van der Waals surface area contributed by atoms with E-state index >= 15 is 0 Å². The molecular formula is C27H32N2O6. The van der Waals surface area contributed by atoms with Crippen LogP contribution >= 0.6 is 0 Å². The maximum atomic E-state index is 14.1. The molecule has 186 valence electrons. The summed E-state index contributed by atoms with van der Waals surface area (Å²) < 4.78 is 10.5. The van der Waals surface area contributed by atoms with Gasteiger partial charge in [0.15, 0.2) is 0 Å². The zero-order valence-corrected chi connectivity index (χ0v) is 20.2. The second-order valence-electron chi connectivity index (χ2n) is 9.18. The van der Waals surface area contributed by atoms with Crippen molar-refractivity contribution in [1.82, 2.24) is 9.80 Å². The Bertz CT molecular complexity index is 1060. The maximum Gasteiger partial charge on any atom is 0.309 e. The van der Waals surface area contributed by atoms with E-state index in [1.54, 1.807) is 48.3 Å². The van der Waals surface area contributed by atoms with Crippen LogP contribution in [0.3, 0.4) is 0 Å². The Labute approximate surface area is 205 Å². The normalized spacial score (nSPS) is 24.5. The fourth-order valence-electron chi connectivity index (χ4n) is 5.52. The maximum absolute atomic E-state index is 14.1. The first-order valence-electron chi connectivity index (χ1n) is 12.0. The Morgan fingerprint density at radius 1 is 1.06 bits per heavy atom. The van der Waals surface area contributed by atoms with Crippen molar-refractivity contribution in [1.29, 1.82) is 0 Å². The lowest BCUT2D eigenvalue weighted by molar-refractivity contribution is -0.142. The van der Waals surface area contributed by atoms with Crippen molar-refractivity contribution in [3.63, 3.8) is 0 Å². The van der Waals surface area contributed by atoms with Gasteiger partial charge < -0.3 is 24.4 Å². The summed E-state index contributed by atoms with van der Waals surface area (Å²) in [5.74, 6) is -1.86. The van der Waals surface area contributed by atoms with Crippen LogP contribution in [0.25, 0.3) is 0 Å². The van der Waals surface area contributed by atoms with Gasteiger partial charge in [0, 0.05) is 25.8 Å². The predicted octanol–water partition coefficient (Wildman–Crippen LogP) is 3.38. The Hall–Kier alpha value is -3.39. The number of carboxylic acid groups (broad SMARTS) is 1. The van der Waals surface area contributed by atoms with Crippen molar-refractivity contribution in [2.24, 2.45) is 5.92 Å². The third-order valence-corrected chi connectivity index (χ3v) is 7.21. The van der Waals surface area contributed by atoms with Crippen LogP contribution in [0.2, 0.25) is 0 Å². The van der Waals surface area contributed by atoms with E-state index in [9.17, 15) is 19.5 Å². The van der Waals surface area contributed by atoms with E-state index in [0.29, 0.717) is 43.0 Å². The molecule has 0 unspecified atom stereocenters. The van der Waals surface area contributed by atoms with Crippen molar-refractivity contribution in [3.8, 4) is 5.75 Å². The van der Waals surface area contributed by atoms with Crippen LogP contribution in [-0.2, 0) is 14.3 Å². The van der Waals surface area contributed by atoms with E-state index in [-0.39, 0.29) is 18.2 Å². The summed E-state index contributed by atoms with van der Waals surface area (Å²) in [6, 6.07) is 15.1. The highest BCUT2D eigenvalue weighted by Gasteiger charge is 2.61. The van der Waals surface area contributed by atoms with Gasteiger partial charge in [0.25, 0.3) is 5.91 Å². The Balaban J connectivity index is 1.86. The van der Waals surface area contributed by atoms with E-state index in [0.717, 1.165) is 12.8 Å². The van der Waals surface area contributed by atoms with Crippen LogP contribution in [-0.4, -0.2) is 72.1 Å². The molecule has 0 saturated carbocycles. The molecular weight excluding hydrogens is 448 g/mol. The molecule has 3 atom stereocenters. The van der Waals surface area contributed by atoms with Crippen LogP contribution in [0.5, 0.6) is 5.75 Å². The molecule has 1 N–H and O–H groups in total. The number of carbonyl (C=O) groups is 3. The van der Waals surface area contributed by atoms with E-state index in [1.165, 1.54) is 0 Å². The summed E-state index contributed by atoms with van der Waals surface area (Å²) in [5, 5.41) is 10.3. The molecule has 1 spiro atoms. The van der Waals surface area contributed by atoms with Gasteiger partial charge in [0.05, 0.1) is 25.7 Å². The molecule has 8 nitrogen and oxygen atoms in total. The monoisotopic (exact) mass is 480 g/mol. The molecule has 2 amide bonds. The Kier molecular flexibility index (Phi) is 7.40. The fourth-order valence-corrected chi connectivity index (χ4v) is 5.52. The van der Waals surface area contributed by atoms with Crippen molar-refractivity contribution >= 4 is 17.8 Å². The first-order chi connectivity index (χ1) is 16.9. The molecule has 2 aliphatic heterocycles. The van der Waals surface area contributed by atoms with Crippen LogP contribution in [0.4, 0.5) is 0 Å². The van der Waals surface area contributed by atoms with Gasteiger partial charge in [0.1, 0.15) is 11.3 Å². The number of nitrogens with zero attached hydrogens (tertiary/aromatic N) is 2. The average Bonchev–Trinajstić information content (AvgIpc) is 3.16. The minimum Gasteiger partial charge on any atom is -0.497 e. The number of amides is 2. The van der Waals surface area contributed by atoms with Crippen molar-refractivity contribution in [3.05, 3.63) is 65.7 Å². The number of benzene rings is 2. The molecule has 2 aliphatic rings. The van der Waals surface area contributed by atoms with Crippen LogP contribution in [0.1, 0.15) is 47.6 Å². The van der Waals surface area contributed by atoms with Gasteiger partial charge >= 0.3 is 5.97 Å². The summed E-state index contributed by atoms with van der Waals surface area (Å²) in [4.78, 5) is 44.1. The number of ether oxygens (including phenoxy) is 2. The fraction of sp³-hybridized carbons (Fsp3) is 0.444. The van der Waals surface area contributed by atoms with Crippen LogP contribution in [0.15, 0.2) is 54.6 Å². The van der Waals surface area contributed by atoms with Gasteiger partial charge in [-0.2, -0.15) is 0 Å². The predicted molar refractivity (Wildman–Crippen MR) is 129 cm³/mol. The zero-order chi connectivity index (χ0) is 25.0. The standard InChI is InChI=1S/C27H32N2O6/c1-34-17-16-28-15-7-6-14-27(26(28)33)18-22(25(31)32)23(19-8-4-3-5-9-19)29(27)24(30)20-10-12-21(35-2)13-11-20/h3-5,8-13,22-23H,6-7,14-18H2,1-2H3,(H,31,32)/t22-,23-,27-/m0/s1. The van der Waals surface area contributed by atoms with Gasteiger partial charge in [0.2, 0.25) is 5.91 Å². The number of likely N-dealkylation sites (tertiary alicyclic amines) is 2. The largest absolute Gasteiger partial charge is 0.497 e. The van der Waals surface area contributed by atoms with Crippen LogP contribution in [0, 0.1) is 5.92 Å². The molecule has 2 heterocycles. The van der Waals surface area contributed by atoms with Crippen molar-refractivity contribution in [2.45, 2.75) is 37.3 Å². The number of rotatable bonds is 7. The number of methoxy groups -OCH3 is 2. The topological polar surface area (TPSA) is 96.4 Å². The van der Waals surface area contributed by atoms with E-state index in [1.807, 2.05) is 30.3 Å². The smallest absolute Gasteiger partial charge is 0.309 e. The van der Waals surface area contributed by atoms with Gasteiger partial charge in [-0.3, -0.25) is 14.4 Å². The number of hydrogen-bond donors (Lipinski definition) is 1. The summed E-state index contributed by atoms with van der Waals surface area (Å²) >= 11 is 0. The summed E-state index contributed by atoms with van der Waals surface area (Å²) in [6.07, 6.45) is 2.00. The lowest BCUT2D eigenvalue weighted by Crippen LogP contribution is -2.58. The third-order valence-electron chi connectivity index (χ3n) is 7.21. The highest BCUT2D eigenvalue weighted by Crippen LogP contribution is 2.51. The molecule has 2 fully saturated rings. The Morgan fingerprint density at radius 3 is 2.40 bits per heavy atom. The van der Waals surface area contributed by atoms with E-state index in [4.69, 9.17) is 9.47 Å². The SMILES string of the molecule is COCCN1CCCC[C@]2(C[C@H](C(=O)O)[C@H](c3ccccc3)N2C(=O)c2ccc(OC)cc2)C1=O. The Morgan fingerprint density at radius 2 is 1.77 bits per heavy atom. The van der Waals surface area contributed by atoms with E-state index < -0.39 is 23.5 Å². The summed E-state index contributed by atoms with van der Waals surface area (Å²) in [7, 11) is 3.13. The van der Waals surface area contributed by atoms with E-state index in [2.05, 4.69) is 0 Å². The number of carboxylic acids is 1. The highest BCUT2D eigenvalue weighted by atomic mass is 16.5. The molecule has 0 bridgehead atoms. The molecule has 2 aromatic carbocycles. The first-order valence-corrected chi connectivity index (χ1v) is 12.0. The second kappa shape index (κ2) is 10.5. The highest BCUT2D eigenvalue weighted by molar-refractivity contribution is 6.01. The molecule has 8 heteroatoms. The van der Waals surface area contributed by atoms with Crippen molar-refractivity contribution < 1.29 is 29.0 Å². The molecule has 2 aromatic rings. The summed E-state index contributed by atoms with van der Waals surface area (Å²) in [5.41, 5.74) is -0.151. The molecule has 0 aromatic heterocycles. The number of aliphatic carboxylic acids is 1. The van der Waals surface area contributed by atoms with Crippen molar-refractivity contribution in [2.75, 3.05) is 33.9 Å². The third kappa shape index (κ3) is 4.62. The minimum absolute atomic E-state index is 0.0755. The van der Waals surface area contributed by atoms with Gasteiger partial charge in [-0.25, -0.2) is 0 Å². The molecule has 35 heavy (non-hydrogen) atoms. The first kappa shape index (κ1) is 24.7. The minimum atomic E-state index is -1.25. The average molecular weight is 481 g/mol.